The van der Waals surface area contributed by atoms with E-state index in [-0.39, 0.29) is 18.0 Å². The average Bonchev–Trinajstić information content (AvgIpc) is 3.20. The van der Waals surface area contributed by atoms with Crippen molar-refractivity contribution < 1.29 is 4.79 Å². The fourth-order valence-electron chi connectivity index (χ4n) is 5.13. The van der Waals surface area contributed by atoms with Crippen molar-refractivity contribution in [3.8, 4) is 0 Å². The summed E-state index contributed by atoms with van der Waals surface area (Å²) in [5, 5.41) is 5.94. The van der Waals surface area contributed by atoms with Crippen LogP contribution in [0.5, 0.6) is 0 Å². The molecule has 1 aliphatic carbocycles. The van der Waals surface area contributed by atoms with Crippen molar-refractivity contribution in [2.24, 2.45) is 16.3 Å². The van der Waals surface area contributed by atoms with E-state index in [0.29, 0.717) is 5.41 Å². The number of hydrogen-bond donors (Lipinski definition) is 2. The highest BCUT2D eigenvalue weighted by atomic mass is 35.5. The number of carbonyl (C=O) groups is 1. The van der Waals surface area contributed by atoms with Gasteiger partial charge in [-0.2, -0.15) is 5.01 Å². The zero-order valence-electron chi connectivity index (χ0n) is 22.9. The number of halogens is 1. The Labute approximate surface area is 218 Å². The number of amidine groups is 1. The predicted molar refractivity (Wildman–Crippen MR) is 148 cm³/mol. The molecule has 0 radical (unpaired) electrons. The van der Waals surface area contributed by atoms with Crippen molar-refractivity contribution in [1.29, 1.82) is 0 Å². The SMILES string of the molecule is CC.CC.CCN(CC)CCNC(=O)C1CC2(C1)CN(CC1N=C(c3ccc(Cl)cc3)NN1C)C2. The molecule has 1 amide bonds. The monoisotopic (exact) mass is 506 g/mol. The molecule has 7 nitrogen and oxygen atoms in total. The molecular weight excluding hydrogens is 460 g/mol. The van der Waals surface area contributed by atoms with E-state index in [4.69, 9.17) is 16.6 Å². The zero-order valence-corrected chi connectivity index (χ0v) is 23.7. The molecule has 2 fully saturated rings. The number of likely N-dealkylation sites (N-methyl/N-ethyl adjacent to an activating group) is 2. The van der Waals surface area contributed by atoms with Gasteiger partial charge in [0.15, 0.2) is 0 Å². The van der Waals surface area contributed by atoms with Gasteiger partial charge >= 0.3 is 0 Å². The summed E-state index contributed by atoms with van der Waals surface area (Å²) in [7, 11) is 2.04. The van der Waals surface area contributed by atoms with Crippen LogP contribution in [0.15, 0.2) is 29.3 Å². The summed E-state index contributed by atoms with van der Waals surface area (Å²) in [5.74, 6) is 1.34. The van der Waals surface area contributed by atoms with Crippen LogP contribution in [0, 0.1) is 11.3 Å². The van der Waals surface area contributed by atoms with Crippen molar-refractivity contribution in [3.63, 3.8) is 0 Å². The molecule has 1 atom stereocenters. The highest BCUT2D eigenvalue weighted by molar-refractivity contribution is 6.30. The van der Waals surface area contributed by atoms with Crippen LogP contribution >= 0.6 is 11.6 Å². The third-order valence-corrected chi connectivity index (χ3v) is 7.27. The van der Waals surface area contributed by atoms with Gasteiger partial charge in [-0.15, -0.1) is 0 Å². The summed E-state index contributed by atoms with van der Waals surface area (Å²) in [6, 6.07) is 7.76. The van der Waals surface area contributed by atoms with Crippen LogP contribution < -0.4 is 10.7 Å². The van der Waals surface area contributed by atoms with E-state index in [1.165, 1.54) is 0 Å². The first-order valence-corrected chi connectivity index (χ1v) is 13.8. The summed E-state index contributed by atoms with van der Waals surface area (Å²) in [6.45, 7) is 19.1. The Morgan fingerprint density at radius 2 is 1.74 bits per heavy atom. The normalized spacial score (nSPS) is 21.1. The van der Waals surface area contributed by atoms with Crippen LogP contribution in [-0.2, 0) is 4.79 Å². The molecule has 198 valence electrons. The molecule has 1 saturated carbocycles. The van der Waals surface area contributed by atoms with Crippen molar-refractivity contribution >= 4 is 23.3 Å². The molecular formula is C27H47ClN6O. The molecule has 2 aliphatic heterocycles. The van der Waals surface area contributed by atoms with E-state index in [1.54, 1.807) is 0 Å². The van der Waals surface area contributed by atoms with Gasteiger partial charge in [-0.1, -0.05) is 53.1 Å². The zero-order chi connectivity index (χ0) is 26.0. The summed E-state index contributed by atoms with van der Waals surface area (Å²) < 4.78 is 0. The number of aliphatic imine (C=N–C) groups is 1. The first-order valence-electron chi connectivity index (χ1n) is 13.5. The lowest BCUT2D eigenvalue weighted by Crippen LogP contribution is -2.65. The van der Waals surface area contributed by atoms with Crippen molar-refractivity contribution in [3.05, 3.63) is 34.9 Å². The van der Waals surface area contributed by atoms with E-state index in [2.05, 4.69) is 39.4 Å². The highest BCUT2D eigenvalue weighted by Gasteiger charge is 2.54. The van der Waals surface area contributed by atoms with Gasteiger partial charge < -0.3 is 15.6 Å². The maximum absolute atomic E-state index is 12.4. The Morgan fingerprint density at radius 3 is 2.31 bits per heavy atom. The van der Waals surface area contributed by atoms with Crippen LogP contribution in [0.1, 0.15) is 59.9 Å². The van der Waals surface area contributed by atoms with Crippen LogP contribution in [0.4, 0.5) is 0 Å². The topological polar surface area (TPSA) is 63.2 Å². The minimum Gasteiger partial charge on any atom is -0.355 e. The van der Waals surface area contributed by atoms with Gasteiger partial charge in [0.2, 0.25) is 5.91 Å². The second kappa shape index (κ2) is 14.2. The number of rotatable bonds is 9. The van der Waals surface area contributed by atoms with Gasteiger partial charge in [0.1, 0.15) is 12.0 Å². The van der Waals surface area contributed by atoms with Gasteiger partial charge in [-0.25, -0.2) is 4.99 Å². The van der Waals surface area contributed by atoms with E-state index >= 15 is 0 Å². The average molecular weight is 507 g/mol. The molecule has 3 aliphatic rings. The standard InChI is InChI=1S/C23H35ClN6O.2C2H6/c1-4-29(5-2)11-10-25-22(31)18-12-23(13-18)15-30(16-23)14-20-26-21(27-28(20)3)17-6-8-19(24)9-7-17;2*1-2/h6-9,18,20H,4-5,10-16H2,1-3H3,(H,25,31)(H,26,27);2*1-2H3. The number of amides is 1. The van der Waals surface area contributed by atoms with E-state index in [9.17, 15) is 4.79 Å². The Kier molecular flexibility index (Phi) is 12.0. The molecule has 1 aromatic carbocycles. The minimum absolute atomic E-state index is 0.0993. The second-order valence-electron chi connectivity index (χ2n) is 9.28. The lowest BCUT2D eigenvalue weighted by Gasteiger charge is -2.59. The molecule has 1 unspecified atom stereocenters. The molecule has 0 aromatic heterocycles. The first kappa shape index (κ1) is 29.6. The Morgan fingerprint density at radius 1 is 1.14 bits per heavy atom. The smallest absolute Gasteiger partial charge is 0.223 e. The van der Waals surface area contributed by atoms with Crippen LogP contribution in [-0.4, -0.2) is 85.6 Å². The molecule has 2 heterocycles. The summed E-state index contributed by atoms with van der Waals surface area (Å²) in [6.07, 6.45) is 2.15. The molecule has 1 saturated heterocycles. The summed E-state index contributed by atoms with van der Waals surface area (Å²) in [5.41, 5.74) is 4.76. The number of carbonyl (C=O) groups excluding carboxylic acids is 1. The lowest BCUT2D eigenvalue weighted by atomic mass is 9.57. The minimum atomic E-state index is 0.0993. The highest BCUT2D eigenvalue weighted by Crippen LogP contribution is 2.52. The number of nitrogens with one attached hydrogen (secondary N) is 2. The number of hydrazine groups is 1. The van der Waals surface area contributed by atoms with E-state index in [0.717, 1.165) is 75.1 Å². The van der Waals surface area contributed by atoms with Gasteiger partial charge in [0.05, 0.1) is 0 Å². The Bertz CT molecular complexity index is 796. The van der Waals surface area contributed by atoms with Crippen molar-refractivity contribution in [2.45, 2.75) is 60.5 Å². The fraction of sp³-hybridized carbons (Fsp3) is 0.704. The lowest BCUT2D eigenvalue weighted by molar-refractivity contribution is -0.145. The van der Waals surface area contributed by atoms with Crippen molar-refractivity contribution in [1.82, 2.24) is 25.6 Å². The molecule has 8 heteroatoms. The fourth-order valence-corrected chi connectivity index (χ4v) is 5.26. The maximum atomic E-state index is 12.4. The molecule has 1 spiro atoms. The van der Waals surface area contributed by atoms with Crippen LogP contribution in [0.3, 0.4) is 0 Å². The van der Waals surface area contributed by atoms with Crippen LogP contribution in [0.2, 0.25) is 5.02 Å². The van der Waals surface area contributed by atoms with E-state index in [1.807, 2.05) is 59.0 Å². The van der Waals surface area contributed by atoms with E-state index < -0.39 is 0 Å². The summed E-state index contributed by atoms with van der Waals surface area (Å²) >= 11 is 5.99. The van der Waals surface area contributed by atoms with Gasteiger partial charge in [0.25, 0.3) is 0 Å². The molecule has 0 bridgehead atoms. The third kappa shape index (κ3) is 7.66. The molecule has 2 N–H and O–H groups in total. The number of hydrogen-bond acceptors (Lipinski definition) is 6. The first-order chi connectivity index (χ1) is 16.9. The Hall–Kier alpha value is -1.67. The second-order valence-corrected chi connectivity index (χ2v) is 9.72. The number of benzene rings is 1. The quantitative estimate of drug-likeness (QED) is 0.528. The number of nitrogens with zero attached hydrogens (tertiary/aromatic N) is 4. The predicted octanol–water partition coefficient (Wildman–Crippen LogP) is 4.09. The molecule has 4 rings (SSSR count). The van der Waals surface area contributed by atoms with Gasteiger partial charge in [-0.3, -0.25) is 9.69 Å². The maximum Gasteiger partial charge on any atom is 0.223 e. The molecule has 1 aromatic rings. The van der Waals surface area contributed by atoms with Crippen LogP contribution in [0.25, 0.3) is 0 Å². The Balaban J connectivity index is 0.00000103. The third-order valence-electron chi connectivity index (χ3n) is 7.02. The van der Waals surface area contributed by atoms with Crippen molar-refractivity contribution in [2.75, 3.05) is 52.9 Å². The number of likely N-dealkylation sites (tertiary alicyclic amines) is 1. The molecule has 35 heavy (non-hydrogen) atoms. The van der Waals surface area contributed by atoms with Gasteiger partial charge in [-0.05, 0) is 55.6 Å². The largest absolute Gasteiger partial charge is 0.355 e. The van der Waals surface area contributed by atoms with Gasteiger partial charge in [0, 0.05) is 56.3 Å². The summed E-state index contributed by atoms with van der Waals surface area (Å²) in [4.78, 5) is 22.1.